The van der Waals surface area contributed by atoms with E-state index in [9.17, 15) is 4.79 Å². The van der Waals surface area contributed by atoms with Crippen LogP contribution in [0.2, 0.25) is 0 Å². The number of pyridine rings is 1. The van der Waals surface area contributed by atoms with Crippen LogP contribution in [-0.4, -0.2) is 71.8 Å². The molecule has 0 N–H and O–H groups in total. The van der Waals surface area contributed by atoms with Crippen molar-refractivity contribution in [1.29, 1.82) is 0 Å². The SMILES string of the molecule is O=C1CN(CCc2ccsc2)CC2OC3(CCN(c4ccncc4)CC3)CN12. The van der Waals surface area contributed by atoms with Gasteiger partial charge in [0.15, 0.2) is 0 Å². The van der Waals surface area contributed by atoms with E-state index in [1.165, 1.54) is 11.3 Å². The standard InChI is InChI=1S/C21H26N4O2S/c26-19-13-23(9-3-17-4-12-28-15-17)14-20-25(19)16-21(27-20)5-10-24(11-6-21)18-1-7-22-8-2-18/h1-2,4,7-8,12,15,20H,3,5-6,9-11,13-14,16H2. The Hall–Kier alpha value is -1.96. The van der Waals surface area contributed by atoms with E-state index in [0.29, 0.717) is 6.54 Å². The molecule has 3 fully saturated rings. The average Bonchev–Trinajstić information content (AvgIpc) is 3.36. The number of anilines is 1. The number of piperidine rings is 1. The molecular formula is C21H26N4O2S. The van der Waals surface area contributed by atoms with Crippen molar-refractivity contribution in [3.05, 3.63) is 46.9 Å². The number of amides is 1. The van der Waals surface area contributed by atoms with Crippen LogP contribution in [0.3, 0.4) is 0 Å². The smallest absolute Gasteiger partial charge is 0.238 e. The number of carbonyl (C=O) groups excluding carboxylic acids is 1. The lowest BCUT2D eigenvalue weighted by molar-refractivity contribution is -0.148. The number of piperazine rings is 1. The summed E-state index contributed by atoms with van der Waals surface area (Å²) in [5.41, 5.74) is 2.40. The van der Waals surface area contributed by atoms with Crippen LogP contribution in [0.25, 0.3) is 0 Å². The third-order valence-corrected chi connectivity index (χ3v) is 7.02. The summed E-state index contributed by atoms with van der Waals surface area (Å²) in [5, 5.41) is 4.30. The second-order valence-electron chi connectivity index (χ2n) is 8.09. The zero-order chi connectivity index (χ0) is 19.0. The maximum atomic E-state index is 12.7. The highest BCUT2D eigenvalue weighted by Crippen LogP contribution is 2.38. The molecule has 1 atom stereocenters. The lowest BCUT2D eigenvalue weighted by Gasteiger charge is -2.39. The number of aromatic nitrogens is 1. The normalized spacial score (nSPS) is 24.7. The first-order valence-electron chi connectivity index (χ1n) is 10.1. The van der Waals surface area contributed by atoms with Gasteiger partial charge in [-0.25, -0.2) is 0 Å². The number of hydrogen-bond acceptors (Lipinski definition) is 6. The Morgan fingerprint density at radius 2 is 2.04 bits per heavy atom. The fraction of sp³-hybridized carbons (Fsp3) is 0.524. The van der Waals surface area contributed by atoms with E-state index in [-0.39, 0.29) is 17.7 Å². The van der Waals surface area contributed by atoms with Crippen molar-refractivity contribution < 1.29 is 9.53 Å². The number of hydrogen-bond donors (Lipinski definition) is 0. The summed E-state index contributed by atoms with van der Waals surface area (Å²) in [6, 6.07) is 6.29. The highest BCUT2D eigenvalue weighted by atomic mass is 32.1. The van der Waals surface area contributed by atoms with Gasteiger partial charge < -0.3 is 14.5 Å². The van der Waals surface area contributed by atoms with Gasteiger partial charge in [0.1, 0.15) is 6.23 Å². The third-order valence-electron chi connectivity index (χ3n) is 6.29. The Morgan fingerprint density at radius 1 is 1.21 bits per heavy atom. The van der Waals surface area contributed by atoms with E-state index in [0.717, 1.165) is 52.0 Å². The summed E-state index contributed by atoms with van der Waals surface area (Å²) in [6.07, 6.45) is 6.52. The lowest BCUT2D eigenvalue weighted by atomic mass is 9.91. The molecule has 148 valence electrons. The van der Waals surface area contributed by atoms with Crippen molar-refractivity contribution in [1.82, 2.24) is 14.8 Å². The monoisotopic (exact) mass is 398 g/mol. The van der Waals surface area contributed by atoms with Crippen LogP contribution in [0.1, 0.15) is 18.4 Å². The number of fused-ring (bicyclic) bond motifs is 1. The van der Waals surface area contributed by atoms with Gasteiger partial charge in [0.2, 0.25) is 5.91 Å². The van der Waals surface area contributed by atoms with E-state index in [1.54, 1.807) is 11.3 Å². The Kier molecular flexibility index (Phi) is 4.82. The van der Waals surface area contributed by atoms with Crippen molar-refractivity contribution in [3.8, 4) is 0 Å². The highest BCUT2D eigenvalue weighted by Gasteiger charge is 2.50. The van der Waals surface area contributed by atoms with Crippen molar-refractivity contribution in [2.75, 3.05) is 44.2 Å². The highest BCUT2D eigenvalue weighted by molar-refractivity contribution is 7.07. The molecule has 3 saturated heterocycles. The summed E-state index contributed by atoms with van der Waals surface area (Å²) >= 11 is 1.73. The van der Waals surface area contributed by atoms with Crippen LogP contribution in [0.5, 0.6) is 0 Å². The molecule has 0 aliphatic carbocycles. The van der Waals surface area contributed by atoms with Gasteiger partial charge in [-0.1, -0.05) is 0 Å². The Bertz CT molecular complexity index is 805. The zero-order valence-electron chi connectivity index (χ0n) is 16.0. The fourth-order valence-electron chi connectivity index (χ4n) is 4.65. The third kappa shape index (κ3) is 3.54. The van der Waals surface area contributed by atoms with E-state index in [2.05, 4.69) is 43.7 Å². The maximum Gasteiger partial charge on any atom is 0.238 e. The van der Waals surface area contributed by atoms with Gasteiger partial charge in [0, 0.05) is 44.3 Å². The van der Waals surface area contributed by atoms with E-state index in [1.807, 2.05) is 17.3 Å². The van der Waals surface area contributed by atoms with Gasteiger partial charge in [0.05, 0.1) is 18.7 Å². The second kappa shape index (κ2) is 7.46. The lowest BCUT2D eigenvalue weighted by Crippen LogP contribution is -2.54. The second-order valence-corrected chi connectivity index (χ2v) is 8.87. The largest absolute Gasteiger partial charge is 0.371 e. The molecule has 0 saturated carbocycles. The van der Waals surface area contributed by atoms with Gasteiger partial charge in [-0.15, -0.1) is 0 Å². The molecule has 2 aromatic heterocycles. The van der Waals surface area contributed by atoms with Crippen LogP contribution in [0.15, 0.2) is 41.4 Å². The molecule has 0 bridgehead atoms. The average molecular weight is 399 g/mol. The van der Waals surface area contributed by atoms with Crippen LogP contribution < -0.4 is 4.90 Å². The first-order valence-corrected chi connectivity index (χ1v) is 11.0. The minimum absolute atomic E-state index is 0.0869. The van der Waals surface area contributed by atoms with Crippen LogP contribution >= 0.6 is 11.3 Å². The van der Waals surface area contributed by atoms with E-state index in [4.69, 9.17) is 4.74 Å². The maximum absolute atomic E-state index is 12.7. The Morgan fingerprint density at radius 3 is 2.79 bits per heavy atom. The summed E-state index contributed by atoms with van der Waals surface area (Å²) in [7, 11) is 0. The quantitative estimate of drug-likeness (QED) is 0.791. The van der Waals surface area contributed by atoms with Gasteiger partial charge in [-0.2, -0.15) is 11.3 Å². The number of thiophene rings is 1. The first kappa shape index (κ1) is 18.1. The van der Waals surface area contributed by atoms with Gasteiger partial charge in [-0.05, 0) is 53.8 Å². The molecule has 5 heterocycles. The summed E-state index contributed by atoms with van der Waals surface area (Å²) < 4.78 is 6.54. The molecule has 2 aromatic rings. The molecule has 1 spiro atoms. The van der Waals surface area contributed by atoms with E-state index >= 15 is 0 Å². The van der Waals surface area contributed by atoms with Crippen LogP contribution in [0.4, 0.5) is 5.69 Å². The molecule has 7 heteroatoms. The summed E-state index contributed by atoms with van der Waals surface area (Å²) in [4.78, 5) is 23.5. The first-order chi connectivity index (χ1) is 13.7. The number of carbonyl (C=O) groups is 1. The minimum Gasteiger partial charge on any atom is -0.371 e. The zero-order valence-corrected chi connectivity index (χ0v) is 16.8. The number of rotatable bonds is 4. The minimum atomic E-state index is -0.173. The van der Waals surface area contributed by atoms with Gasteiger partial charge in [-0.3, -0.25) is 14.7 Å². The molecule has 5 rings (SSSR count). The van der Waals surface area contributed by atoms with Crippen molar-refractivity contribution in [2.24, 2.45) is 0 Å². The molecule has 0 aromatic carbocycles. The topological polar surface area (TPSA) is 48.9 Å². The molecule has 28 heavy (non-hydrogen) atoms. The Labute approximate surface area is 169 Å². The molecule has 0 radical (unpaired) electrons. The molecule has 3 aliphatic heterocycles. The summed E-state index contributed by atoms with van der Waals surface area (Å²) in [6.45, 7) is 4.92. The van der Waals surface area contributed by atoms with Crippen LogP contribution in [-0.2, 0) is 16.0 Å². The van der Waals surface area contributed by atoms with Crippen LogP contribution in [0, 0.1) is 0 Å². The van der Waals surface area contributed by atoms with Gasteiger partial charge in [0.25, 0.3) is 0 Å². The van der Waals surface area contributed by atoms with Crippen molar-refractivity contribution in [3.63, 3.8) is 0 Å². The molecule has 3 aliphatic rings. The summed E-state index contributed by atoms with van der Waals surface area (Å²) in [5.74, 6) is 0.218. The Balaban J connectivity index is 1.20. The van der Waals surface area contributed by atoms with Gasteiger partial charge >= 0.3 is 0 Å². The molecular weight excluding hydrogens is 372 g/mol. The van der Waals surface area contributed by atoms with Crippen molar-refractivity contribution >= 4 is 22.9 Å². The predicted molar refractivity (Wildman–Crippen MR) is 109 cm³/mol. The molecule has 1 amide bonds. The molecule has 1 unspecified atom stereocenters. The predicted octanol–water partition coefficient (Wildman–Crippen LogP) is 2.23. The molecule has 6 nitrogen and oxygen atoms in total. The fourth-order valence-corrected chi connectivity index (χ4v) is 5.35. The van der Waals surface area contributed by atoms with Crippen molar-refractivity contribution in [2.45, 2.75) is 31.1 Å². The van der Waals surface area contributed by atoms with E-state index < -0.39 is 0 Å². The number of ether oxygens (including phenoxy) is 1. The number of nitrogens with zero attached hydrogens (tertiary/aromatic N) is 4.